The molecule has 5 aromatic rings. The van der Waals surface area contributed by atoms with Crippen molar-refractivity contribution in [2.75, 3.05) is 0 Å². The maximum Gasteiger partial charge on any atom is 0.164 e. The quantitative estimate of drug-likeness (QED) is 0.0812. The van der Waals surface area contributed by atoms with Crippen LogP contribution >= 0.6 is 11.3 Å². The van der Waals surface area contributed by atoms with Gasteiger partial charge in [-0.3, -0.25) is 14.8 Å². The summed E-state index contributed by atoms with van der Waals surface area (Å²) in [5.41, 5.74) is 4.53. The fraction of sp³-hybridized carbons (Fsp3) is 0.455. The first kappa shape index (κ1) is 42.2. The van der Waals surface area contributed by atoms with Crippen LogP contribution in [0, 0.1) is 22.8 Å². The van der Waals surface area contributed by atoms with Crippen LogP contribution in [0.25, 0.3) is 43.4 Å². The van der Waals surface area contributed by atoms with Gasteiger partial charge in [-0.2, -0.15) is 0 Å². The van der Waals surface area contributed by atoms with Crippen molar-refractivity contribution >= 4 is 38.0 Å². The normalized spacial score (nSPS) is 12.5. The zero-order chi connectivity index (χ0) is 36.9. The van der Waals surface area contributed by atoms with Gasteiger partial charge in [-0.05, 0) is 55.6 Å². The van der Waals surface area contributed by atoms with E-state index in [2.05, 4.69) is 98.1 Å². The van der Waals surface area contributed by atoms with Crippen molar-refractivity contribution < 1.29 is 30.0 Å². The Morgan fingerprint density at radius 3 is 2.10 bits per heavy atom. The molecule has 0 spiro atoms. The van der Waals surface area contributed by atoms with Gasteiger partial charge in [0, 0.05) is 70.9 Å². The molecule has 0 amide bonds. The molecular formula is C44H56IrN3O2S-. The fourth-order valence-corrected chi connectivity index (χ4v) is 7.31. The number of aromatic nitrogens is 3. The molecule has 2 aromatic carbocycles. The molecule has 275 valence electrons. The number of rotatable bonds is 11. The van der Waals surface area contributed by atoms with Gasteiger partial charge in [0.1, 0.15) is 12.1 Å². The van der Waals surface area contributed by atoms with Gasteiger partial charge in [0.05, 0.1) is 10.4 Å². The number of ketones is 1. The van der Waals surface area contributed by atoms with Crippen LogP contribution in [0.2, 0.25) is 0 Å². The molecule has 5 nitrogen and oxygen atoms in total. The second-order valence-electron chi connectivity index (χ2n) is 15.5. The number of carbonyl (C=O) groups excluding carboxylic acids is 1. The molecular weight excluding hydrogens is 827 g/mol. The Labute approximate surface area is 323 Å². The molecule has 1 N–H and O–H groups in total. The standard InChI is InChI=1S/C29H28N3S.C15H28O2.Ir/c1-18(2)10-21-13-23-24(15-30-16-28(23)33-21)27-14-26(31-17-32-27)20-11-19-8-6-7-9-22(19)25(12-20)29(3,4)5;1-7-14(5,8-2)12(16)11-13(17)15(6,9-3)10-4;/h6-9,12-18H,10H2,1-5H3;11,16H,7-10H2,1-6H3;/q-1;;/b;12-11-;. The third kappa shape index (κ3) is 9.80. The van der Waals surface area contributed by atoms with Gasteiger partial charge in [0.25, 0.3) is 0 Å². The molecule has 5 rings (SSSR count). The number of carbonyl (C=O) groups is 1. The Morgan fingerprint density at radius 1 is 0.863 bits per heavy atom. The van der Waals surface area contributed by atoms with Crippen molar-refractivity contribution in [2.45, 2.75) is 114 Å². The molecule has 0 atom stereocenters. The Kier molecular flexibility index (Phi) is 14.5. The number of fused-ring (bicyclic) bond motifs is 2. The first-order chi connectivity index (χ1) is 23.6. The Bertz CT molecular complexity index is 1960. The molecule has 0 saturated carbocycles. The number of benzene rings is 2. The summed E-state index contributed by atoms with van der Waals surface area (Å²) in [7, 11) is 0. The van der Waals surface area contributed by atoms with Crippen molar-refractivity contribution in [1.29, 1.82) is 0 Å². The third-order valence-corrected chi connectivity index (χ3v) is 11.6. The third-order valence-electron chi connectivity index (χ3n) is 10.5. The maximum atomic E-state index is 12.2. The number of nitrogens with zero attached hydrogens (tertiary/aromatic N) is 3. The number of pyridine rings is 1. The van der Waals surface area contributed by atoms with Crippen LogP contribution in [0.15, 0.2) is 73.0 Å². The zero-order valence-electron chi connectivity index (χ0n) is 32.4. The number of thiophene rings is 1. The van der Waals surface area contributed by atoms with E-state index in [4.69, 9.17) is 0 Å². The van der Waals surface area contributed by atoms with Gasteiger partial charge in [-0.25, -0.2) is 4.98 Å². The average Bonchev–Trinajstić information content (AvgIpc) is 3.52. The molecule has 0 saturated heterocycles. The van der Waals surface area contributed by atoms with Gasteiger partial charge in [0.2, 0.25) is 0 Å². The molecule has 0 aliphatic rings. The van der Waals surface area contributed by atoms with Crippen molar-refractivity contribution in [3.8, 4) is 22.5 Å². The van der Waals surface area contributed by atoms with E-state index in [-0.39, 0.29) is 47.9 Å². The van der Waals surface area contributed by atoms with Gasteiger partial charge in [0.15, 0.2) is 5.78 Å². The molecule has 0 aliphatic heterocycles. The van der Waals surface area contributed by atoms with Gasteiger partial charge < -0.3 is 5.11 Å². The summed E-state index contributed by atoms with van der Waals surface area (Å²) < 4.78 is 1.20. The molecule has 0 unspecified atom stereocenters. The first-order valence-corrected chi connectivity index (χ1v) is 19.0. The van der Waals surface area contributed by atoms with E-state index in [9.17, 15) is 9.90 Å². The zero-order valence-corrected chi connectivity index (χ0v) is 35.6. The maximum absolute atomic E-state index is 12.2. The molecule has 3 aromatic heterocycles. The van der Waals surface area contributed by atoms with Crippen molar-refractivity contribution in [3.63, 3.8) is 0 Å². The van der Waals surface area contributed by atoms with E-state index >= 15 is 0 Å². The predicted molar refractivity (Wildman–Crippen MR) is 213 cm³/mol. The molecule has 0 fully saturated rings. The Hall–Kier alpha value is -3.25. The van der Waals surface area contributed by atoms with Crippen LogP contribution in [0.1, 0.15) is 112 Å². The molecule has 7 heteroatoms. The number of aliphatic hydroxyl groups excluding tert-OH is 1. The van der Waals surface area contributed by atoms with Crippen LogP contribution in [0.3, 0.4) is 0 Å². The smallest absolute Gasteiger partial charge is 0.164 e. The number of allylic oxidation sites excluding steroid dienone is 2. The van der Waals surface area contributed by atoms with Gasteiger partial charge in [-0.15, -0.1) is 40.5 Å². The van der Waals surface area contributed by atoms with E-state index in [0.29, 0.717) is 5.92 Å². The molecule has 0 bridgehead atoms. The SMILES string of the molecule is CC(C)Cc1cc2c(-c3cc(-c4[c-]c5ccccc5c(C(C)(C)C)c4)ncn3)cncc2s1.CCC(C)(CC)C(=O)/C=C(\O)C(C)(CC)CC.[Ir]. The summed E-state index contributed by atoms with van der Waals surface area (Å²) >= 11 is 1.83. The Balaban J connectivity index is 0.000000335. The topological polar surface area (TPSA) is 76.0 Å². The van der Waals surface area contributed by atoms with Crippen molar-refractivity contribution in [3.05, 3.63) is 89.5 Å². The van der Waals surface area contributed by atoms with Crippen LogP contribution in [0.5, 0.6) is 0 Å². The largest absolute Gasteiger partial charge is 0.512 e. The van der Waals surface area contributed by atoms with Crippen LogP contribution in [-0.4, -0.2) is 25.8 Å². The predicted octanol–water partition coefficient (Wildman–Crippen LogP) is 12.5. The second kappa shape index (κ2) is 17.5. The first-order valence-electron chi connectivity index (χ1n) is 18.2. The average molecular weight is 883 g/mol. The molecule has 0 aliphatic carbocycles. The van der Waals surface area contributed by atoms with Crippen molar-refractivity contribution in [2.24, 2.45) is 16.7 Å². The van der Waals surface area contributed by atoms with Gasteiger partial charge >= 0.3 is 0 Å². The summed E-state index contributed by atoms with van der Waals surface area (Å²) in [5, 5.41) is 13.7. The van der Waals surface area contributed by atoms with Crippen LogP contribution < -0.4 is 0 Å². The van der Waals surface area contributed by atoms with E-state index < -0.39 is 0 Å². The van der Waals surface area contributed by atoms with Crippen LogP contribution in [0.4, 0.5) is 0 Å². The summed E-state index contributed by atoms with van der Waals surface area (Å²) in [5.74, 6) is 0.911. The van der Waals surface area contributed by atoms with Crippen molar-refractivity contribution in [1.82, 2.24) is 15.0 Å². The number of hydrogen-bond acceptors (Lipinski definition) is 6. The summed E-state index contributed by atoms with van der Waals surface area (Å²) in [4.78, 5) is 27.3. The summed E-state index contributed by atoms with van der Waals surface area (Å²) in [6.45, 7) is 23.4. The van der Waals surface area contributed by atoms with E-state index in [1.807, 2.05) is 65.3 Å². The van der Waals surface area contributed by atoms with E-state index in [1.165, 1.54) is 32.0 Å². The second-order valence-corrected chi connectivity index (χ2v) is 16.7. The summed E-state index contributed by atoms with van der Waals surface area (Å²) in [6, 6.07) is 18.7. The molecule has 1 radical (unpaired) electrons. The number of hydrogen-bond donors (Lipinski definition) is 1. The minimum Gasteiger partial charge on any atom is -0.512 e. The van der Waals surface area contributed by atoms with E-state index in [1.54, 1.807) is 6.33 Å². The molecule has 51 heavy (non-hydrogen) atoms. The fourth-order valence-electron chi connectivity index (χ4n) is 6.04. The summed E-state index contributed by atoms with van der Waals surface area (Å²) in [6.07, 6.45) is 11.4. The van der Waals surface area contributed by atoms with Crippen LogP contribution in [-0.2, 0) is 36.7 Å². The monoisotopic (exact) mass is 883 g/mol. The minimum absolute atomic E-state index is 0. The molecule has 3 heterocycles. The Morgan fingerprint density at radius 2 is 1.49 bits per heavy atom. The van der Waals surface area contributed by atoms with Gasteiger partial charge in [-0.1, -0.05) is 105 Å². The van der Waals surface area contributed by atoms with E-state index in [0.717, 1.165) is 60.0 Å². The minimum atomic E-state index is -0.337. The number of aliphatic hydroxyl groups is 1.